The number of aromatic hydroxyl groups is 1. The van der Waals surface area contributed by atoms with Gasteiger partial charge in [-0.2, -0.15) is 0 Å². The average Bonchev–Trinajstić information content (AvgIpc) is 3.80. The van der Waals surface area contributed by atoms with Gasteiger partial charge in [0.05, 0.1) is 0 Å². The van der Waals surface area contributed by atoms with Gasteiger partial charge in [-0.3, -0.25) is 29.4 Å². The number of hydrogen-bond donors (Lipinski definition) is 4. The summed E-state index contributed by atoms with van der Waals surface area (Å²) in [6.07, 6.45) is 5.27. The minimum Gasteiger partial charge on any atom is -0.508 e. The first-order chi connectivity index (χ1) is 29.1. The fourth-order valence-corrected chi connectivity index (χ4v) is 10.6. The van der Waals surface area contributed by atoms with Crippen LogP contribution in [0.3, 0.4) is 0 Å². The third kappa shape index (κ3) is 8.04. The van der Waals surface area contributed by atoms with Gasteiger partial charge in [-0.1, -0.05) is 24.3 Å². The van der Waals surface area contributed by atoms with Crippen LogP contribution in [-0.2, 0) is 16.1 Å². The van der Waals surface area contributed by atoms with Crippen molar-refractivity contribution in [2.45, 2.75) is 51.1 Å². The molecule has 5 heterocycles. The number of piperidine rings is 2. The van der Waals surface area contributed by atoms with E-state index in [4.69, 9.17) is 0 Å². The molecule has 3 fully saturated rings. The van der Waals surface area contributed by atoms with E-state index in [1.54, 1.807) is 47.4 Å². The normalized spacial score (nSPS) is 18.9. The van der Waals surface area contributed by atoms with Crippen LogP contribution in [0, 0.1) is 5.92 Å². The summed E-state index contributed by atoms with van der Waals surface area (Å²) in [7, 11) is -1.58. The predicted octanol–water partition coefficient (Wildman–Crippen LogP) is 4.76. The van der Waals surface area contributed by atoms with Gasteiger partial charge in [0.15, 0.2) is 5.78 Å². The van der Waals surface area contributed by atoms with Gasteiger partial charge in [0, 0.05) is 95.3 Å². The van der Waals surface area contributed by atoms with Crippen molar-refractivity contribution < 1.29 is 34.3 Å². The van der Waals surface area contributed by atoms with Crippen LogP contribution in [0.5, 0.6) is 5.75 Å². The Kier molecular flexibility index (Phi) is 11.2. The Bertz CT molecular complexity index is 2440. The number of nitrogens with one attached hydrogen (secondary N) is 1. The molecule has 1 unspecified atom stereocenters. The lowest BCUT2D eigenvalue weighted by Gasteiger charge is -2.37. The average molecular weight is 826 g/mol. The summed E-state index contributed by atoms with van der Waals surface area (Å²) in [5.74, 6) is -0.0778. The second kappa shape index (κ2) is 16.8. The molecule has 3 amide bonds. The third-order valence-corrected chi connectivity index (χ3v) is 14.0. The molecule has 4 aliphatic heterocycles. The number of rotatable bonds is 11. The molecular weight excluding hydrogens is 777 g/mol. The SMILES string of the molecule is O=C1CCC(N2Cc3cc(N4CCN(CCCC5CCN(c6ccc(C(=O)c7c(-c8ccc(B(O)O)cc8)sc8cc(O)ccc78)cc6)CC5)CC4)ccc3C2=O)C(=O)N1. The maximum atomic E-state index is 14.1. The van der Waals surface area contributed by atoms with E-state index in [0.29, 0.717) is 41.0 Å². The molecular formula is C46H48BN5O7S. The Morgan fingerprint density at radius 2 is 1.52 bits per heavy atom. The molecule has 0 bridgehead atoms. The molecule has 0 radical (unpaired) electrons. The smallest absolute Gasteiger partial charge is 0.488 e. The minimum absolute atomic E-state index is 0.0964. The first kappa shape index (κ1) is 39.9. The number of anilines is 2. The summed E-state index contributed by atoms with van der Waals surface area (Å²) < 4.78 is 0.803. The van der Waals surface area contributed by atoms with Crippen LogP contribution in [0.4, 0.5) is 11.4 Å². The number of imide groups is 1. The van der Waals surface area contributed by atoms with Gasteiger partial charge in [0.25, 0.3) is 5.91 Å². The van der Waals surface area contributed by atoms with E-state index in [1.807, 2.05) is 36.4 Å². The van der Waals surface area contributed by atoms with Crippen molar-refractivity contribution in [2.24, 2.45) is 5.92 Å². The Hall–Kier alpha value is -5.54. The molecule has 14 heteroatoms. The quantitative estimate of drug-likeness (QED) is 0.0833. The molecule has 60 heavy (non-hydrogen) atoms. The fraction of sp³-hybridized carbons (Fsp3) is 0.348. The summed E-state index contributed by atoms with van der Waals surface area (Å²) in [4.78, 5) is 61.1. The Morgan fingerprint density at radius 3 is 2.23 bits per heavy atom. The first-order valence-electron chi connectivity index (χ1n) is 21.0. The van der Waals surface area contributed by atoms with Gasteiger partial charge < -0.3 is 29.9 Å². The van der Waals surface area contributed by atoms with Gasteiger partial charge in [-0.15, -0.1) is 11.3 Å². The lowest BCUT2D eigenvalue weighted by molar-refractivity contribution is -0.136. The summed E-state index contributed by atoms with van der Waals surface area (Å²) >= 11 is 1.43. The number of carbonyl (C=O) groups is 4. The van der Waals surface area contributed by atoms with Gasteiger partial charge in [0.2, 0.25) is 11.8 Å². The van der Waals surface area contributed by atoms with Gasteiger partial charge >= 0.3 is 7.12 Å². The molecule has 0 spiro atoms. The number of hydrogen-bond acceptors (Lipinski definition) is 11. The van der Waals surface area contributed by atoms with Crippen LogP contribution < -0.4 is 20.6 Å². The van der Waals surface area contributed by atoms with Crippen molar-refractivity contribution in [3.8, 4) is 16.2 Å². The summed E-state index contributed by atoms with van der Waals surface area (Å²) in [5, 5.41) is 32.5. The van der Waals surface area contributed by atoms with Crippen LogP contribution in [-0.4, -0.2) is 107 Å². The highest BCUT2D eigenvalue weighted by molar-refractivity contribution is 7.22. The molecule has 1 aromatic heterocycles. The van der Waals surface area contributed by atoms with E-state index >= 15 is 0 Å². The standard InChI is InChI=1S/C46H48BN5O7S/c53-36-12-14-38-40(27-36)60-44(31-3-7-33(8-4-31)47(58)59)42(38)43(55)30-5-9-34(10-6-30)50-20-17-29(18-21-50)2-1-19-49-22-24-51(25-23-49)35-11-13-37-32(26-35)28-52(46(37)57)39-15-16-41(54)48-45(39)56/h3-14,26-27,29,39,53,58-59H,1-2,15-25,28H2,(H,48,54,56). The second-order valence-electron chi connectivity index (χ2n) is 16.5. The van der Waals surface area contributed by atoms with Crippen molar-refractivity contribution in [3.63, 3.8) is 0 Å². The molecule has 5 aromatic rings. The monoisotopic (exact) mass is 825 g/mol. The van der Waals surface area contributed by atoms with Gasteiger partial charge in [0.1, 0.15) is 11.8 Å². The van der Waals surface area contributed by atoms with Crippen LogP contribution in [0.1, 0.15) is 70.4 Å². The van der Waals surface area contributed by atoms with E-state index < -0.39 is 13.2 Å². The second-order valence-corrected chi connectivity index (χ2v) is 17.6. The predicted molar refractivity (Wildman–Crippen MR) is 234 cm³/mol. The fourth-order valence-electron chi connectivity index (χ4n) is 9.36. The van der Waals surface area contributed by atoms with Gasteiger partial charge in [-0.25, -0.2) is 0 Å². The summed E-state index contributed by atoms with van der Waals surface area (Å²) in [5.41, 5.74) is 6.13. The molecule has 12 nitrogen and oxygen atoms in total. The van der Waals surface area contributed by atoms with E-state index in [0.717, 1.165) is 96.1 Å². The molecule has 9 rings (SSSR count). The Morgan fingerprint density at radius 1 is 0.800 bits per heavy atom. The number of carbonyl (C=O) groups excluding carboxylic acids is 4. The van der Waals surface area contributed by atoms with E-state index in [-0.39, 0.29) is 35.7 Å². The Labute approximate surface area is 353 Å². The first-order valence-corrected chi connectivity index (χ1v) is 21.8. The molecule has 1 atom stereocenters. The molecule has 3 saturated heterocycles. The maximum absolute atomic E-state index is 14.1. The van der Waals surface area contributed by atoms with E-state index in [1.165, 1.54) is 24.2 Å². The number of thiophene rings is 1. The van der Waals surface area contributed by atoms with Crippen LogP contribution in [0.2, 0.25) is 0 Å². The number of phenols is 1. The zero-order chi connectivity index (χ0) is 41.5. The molecule has 4 aliphatic rings. The zero-order valence-electron chi connectivity index (χ0n) is 33.4. The molecule has 4 N–H and O–H groups in total. The van der Waals surface area contributed by atoms with Crippen LogP contribution in [0.15, 0.2) is 84.9 Å². The highest BCUT2D eigenvalue weighted by Crippen LogP contribution is 2.41. The van der Waals surface area contributed by atoms with Crippen molar-refractivity contribution in [1.82, 2.24) is 15.1 Å². The van der Waals surface area contributed by atoms with Crippen LogP contribution >= 0.6 is 11.3 Å². The largest absolute Gasteiger partial charge is 0.508 e. The lowest BCUT2D eigenvalue weighted by atomic mass is 9.80. The number of piperazine rings is 1. The van der Waals surface area contributed by atoms with Crippen molar-refractivity contribution in [2.75, 3.05) is 55.6 Å². The number of phenolic OH excluding ortho intramolecular Hbond substituents is 1. The van der Waals surface area contributed by atoms with Crippen molar-refractivity contribution in [1.29, 1.82) is 0 Å². The summed E-state index contributed by atoms with van der Waals surface area (Å²) in [6.45, 7) is 7.27. The highest BCUT2D eigenvalue weighted by atomic mass is 32.1. The summed E-state index contributed by atoms with van der Waals surface area (Å²) in [6, 6.07) is 25.2. The molecule has 0 aliphatic carbocycles. The third-order valence-electron chi connectivity index (χ3n) is 12.8. The number of ketones is 1. The van der Waals surface area contributed by atoms with E-state index in [2.05, 4.69) is 26.1 Å². The van der Waals surface area contributed by atoms with Crippen LogP contribution in [0.25, 0.3) is 20.5 Å². The molecule has 308 valence electrons. The topological polar surface area (TPSA) is 154 Å². The number of amides is 3. The Balaban J connectivity index is 0.742. The van der Waals surface area contributed by atoms with Crippen molar-refractivity contribution in [3.05, 3.63) is 107 Å². The van der Waals surface area contributed by atoms with Crippen molar-refractivity contribution >= 4 is 68.9 Å². The van der Waals surface area contributed by atoms with E-state index in [9.17, 15) is 34.3 Å². The zero-order valence-corrected chi connectivity index (χ0v) is 34.2. The maximum Gasteiger partial charge on any atom is 0.488 e. The minimum atomic E-state index is -1.58. The highest BCUT2D eigenvalue weighted by Gasteiger charge is 2.39. The number of fused-ring (bicyclic) bond motifs is 2. The molecule has 0 saturated carbocycles. The number of benzene rings is 4. The number of nitrogens with zero attached hydrogens (tertiary/aromatic N) is 4. The molecule has 4 aromatic carbocycles. The lowest BCUT2D eigenvalue weighted by Crippen LogP contribution is -2.52. The van der Waals surface area contributed by atoms with Gasteiger partial charge in [-0.05, 0) is 122 Å².